The number of fused-ring (bicyclic) bond motifs is 2. The molecule has 2 aliphatic rings. The predicted molar refractivity (Wildman–Crippen MR) is 163 cm³/mol. The average Bonchev–Trinajstić information content (AvgIpc) is 3.57. The number of amides is 1. The zero-order valence-electron chi connectivity index (χ0n) is 26.0. The molecule has 0 atom stereocenters. The summed E-state index contributed by atoms with van der Waals surface area (Å²) >= 11 is 0. The zero-order valence-corrected chi connectivity index (χ0v) is 26.0. The molecule has 0 radical (unpaired) electrons. The molecule has 1 amide bonds. The number of hydrogen-bond acceptors (Lipinski definition) is 10. The van der Waals surface area contributed by atoms with Gasteiger partial charge in [0, 0.05) is 54.9 Å². The predicted octanol–water partition coefficient (Wildman–Crippen LogP) is 4.73. The largest absolute Gasteiger partial charge is 0.444 e. The van der Waals surface area contributed by atoms with E-state index < -0.39 is 17.3 Å². The Morgan fingerprint density at radius 1 is 0.864 bits per heavy atom. The first-order chi connectivity index (χ1) is 20.9. The number of carbonyl (C=O) groups excluding carboxylic acids is 2. The third-order valence-corrected chi connectivity index (χ3v) is 7.28. The Balaban J connectivity index is 1.55. The Morgan fingerprint density at radius 3 is 2.23 bits per heavy atom. The Hall–Kier alpha value is -4.52. The maximum atomic E-state index is 13.7. The van der Waals surface area contributed by atoms with Crippen molar-refractivity contribution < 1.29 is 23.8 Å². The third kappa shape index (κ3) is 5.96. The molecule has 13 nitrogen and oxygen atoms in total. The fourth-order valence-corrected chi connectivity index (χ4v) is 5.33. The minimum Gasteiger partial charge on any atom is -0.444 e. The van der Waals surface area contributed by atoms with Gasteiger partial charge >= 0.3 is 12.2 Å². The van der Waals surface area contributed by atoms with Crippen molar-refractivity contribution in [2.45, 2.75) is 65.8 Å². The number of morpholine rings is 1. The summed E-state index contributed by atoms with van der Waals surface area (Å²) in [5.74, 6) is 0.534. The summed E-state index contributed by atoms with van der Waals surface area (Å²) in [5.41, 5.74) is 3.36. The van der Waals surface area contributed by atoms with E-state index in [1.807, 2.05) is 58.4 Å². The van der Waals surface area contributed by atoms with Crippen LogP contribution >= 0.6 is 0 Å². The van der Waals surface area contributed by atoms with Crippen molar-refractivity contribution in [2.24, 2.45) is 0 Å². The molecule has 2 aliphatic heterocycles. The Morgan fingerprint density at radius 2 is 1.55 bits per heavy atom. The van der Waals surface area contributed by atoms with E-state index in [0.717, 1.165) is 16.8 Å². The third-order valence-electron chi connectivity index (χ3n) is 7.28. The van der Waals surface area contributed by atoms with Gasteiger partial charge in [-0.1, -0.05) is 0 Å². The van der Waals surface area contributed by atoms with Gasteiger partial charge in [-0.3, -0.25) is 9.67 Å². The highest BCUT2D eigenvalue weighted by molar-refractivity contribution is 6.05. The fraction of sp³-hybridized carbons (Fsp3) is 0.484. The molecule has 44 heavy (non-hydrogen) atoms. The van der Waals surface area contributed by atoms with E-state index in [0.29, 0.717) is 74.2 Å². The molecule has 6 rings (SSSR count). The van der Waals surface area contributed by atoms with Gasteiger partial charge in [0.2, 0.25) is 5.95 Å². The maximum Gasteiger partial charge on any atom is 0.419 e. The molecule has 6 heterocycles. The fourth-order valence-electron chi connectivity index (χ4n) is 5.33. The van der Waals surface area contributed by atoms with E-state index >= 15 is 0 Å². The van der Waals surface area contributed by atoms with Gasteiger partial charge in [-0.05, 0) is 53.7 Å². The van der Waals surface area contributed by atoms with Gasteiger partial charge in [-0.2, -0.15) is 5.10 Å². The van der Waals surface area contributed by atoms with Crippen LogP contribution in [0.2, 0.25) is 0 Å². The summed E-state index contributed by atoms with van der Waals surface area (Å²) in [6, 6.07) is 3.72. The number of anilines is 1. The van der Waals surface area contributed by atoms with Crippen LogP contribution in [0.4, 0.5) is 15.5 Å². The van der Waals surface area contributed by atoms with Gasteiger partial charge in [-0.15, -0.1) is 0 Å². The molecular weight excluding hydrogens is 564 g/mol. The number of rotatable bonds is 3. The van der Waals surface area contributed by atoms with E-state index in [1.165, 1.54) is 4.57 Å². The normalized spacial score (nSPS) is 15.8. The first-order valence-corrected chi connectivity index (χ1v) is 14.8. The molecule has 0 unspecified atom stereocenters. The maximum absolute atomic E-state index is 13.7. The number of hydrogen-bond donors (Lipinski definition) is 0. The van der Waals surface area contributed by atoms with Crippen LogP contribution in [0, 0.1) is 0 Å². The van der Waals surface area contributed by atoms with Crippen molar-refractivity contribution in [3.05, 3.63) is 42.6 Å². The van der Waals surface area contributed by atoms with E-state index in [9.17, 15) is 9.59 Å². The standard InChI is InChI=1S/C31H38N8O5/c1-30(2,3)43-28(40)37-11-12-39-23(19-37)21(17-33-39)22-18-38(29(41)44-31(4,5)6)26-24(20-7-9-32-10-8-20)34-27(35-25(22)26)36-13-15-42-16-14-36/h7-10,17-18H,11-16,19H2,1-6H3. The quantitative estimate of drug-likeness (QED) is 0.325. The monoisotopic (exact) mass is 602 g/mol. The molecule has 13 heteroatoms. The van der Waals surface area contributed by atoms with Crippen LogP contribution in [-0.4, -0.2) is 90.4 Å². The Labute approximate surface area is 255 Å². The first kappa shape index (κ1) is 29.5. The van der Waals surface area contributed by atoms with Crippen LogP contribution in [0.3, 0.4) is 0 Å². The van der Waals surface area contributed by atoms with Gasteiger partial charge in [0.15, 0.2) is 0 Å². The smallest absolute Gasteiger partial charge is 0.419 e. The van der Waals surface area contributed by atoms with Crippen molar-refractivity contribution in [3.8, 4) is 22.4 Å². The van der Waals surface area contributed by atoms with Crippen LogP contribution in [-0.2, 0) is 27.3 Å². The highest BCUT2D eigenvalue weighted by Crippen LogP contribution is 2.38. The van der Waals surface area contributed by atoms with Gasteiger partial charge < -0.3 is 24.0 Å². The van der Waals surface area contributed by atoms with Gasteiger partial charge in [0.1, 0.15) is 27.9 Å². The van der Waals surface area contributed by atoms with E-state index in [2.05, 4.69) is 15.0 Å². The molecule has 232 valence electrons. The molecule has 0 saturated carbocycles. The van der Waals surface area contributed by atoms with Crippen LogP contribution < -0.4 is 4.90 Å². The molecule has 0 aromatic carbocycles. The molecule has 0 spiro atoms. The summed E-state index contributed by atoms with van der Waals surface area (Å²) in [7, 11) is 0. The minimum absolute atomic E-state index is 0.294. The van der Waals surface area contributed by atoms with Crippen LogP contribution in [0.1, 0.15) is 47.2 Å². The van der Waals surface area contributed by atoms with Gasteiger partial charge in [-0.25, -0.2) is 24.1 Å². The first-order valence-electron chi connectivity index (χ1n) is 14.8. The topological polar surface area (TPSA) is 130 Å². The summed E-state index contributed by atoms with van der Waals surface area (Å²) in [6.45, 7) is 14.7. The zero-order chi connectivity index (χ0) is 31.2. The summed E-state index contributed by atoms with van der Waals surface area (Å²) < 4.78 is 20.5. The van der Waals surface area contributed by atoms with Gasteiger partial charge in [0.05, 0.1) is 38.2 Å². The lowest BCUT2D eigenvalue weighted by atomic mass is 10.1. The molecule has 1 saturated heterocycles. The lowest BCUT2D eigenvalue weighted by Crippen LogP contribution is -2.41. The van der Waals surface area contributed by atoms with Gasteiger partial charge in [0.25, 0.3) is 0 Å². The molecule has 1 fully saturated rings. The Kier molecular flexibility index (Phi) is 7.52. The van der Waals surface area contributed by atoms with Crippen molar-refractivity contribution in [1.82, 2.24) is 34.2 Å². The van der Waals surface area contributed by atoms with Crippen molar-refractivity contribution in [2.75, 3.05) is 37.7 Å². The Bertz CT molecular complexity index is 1690. The second-order valence-corrected chi connectivity index (χ2v) is 12.9. The molecular formula is C31H38N8O5. The molecule has 0 bridgehead atoms. The molecule has 0 N–H and O–H groups in total. The minimum atomic E-state index is -0.732. The van der Waals surface area contributed by atoms with Crippen molar-refractivity contribution in [3.63, 3.8) is 0 Å². The summed E-state index contributed by atoms with van der Waals surface area (Å²) in [6.07, 6.45) is 5.96. The lowest BCUT2D eigenvalue weighted by Gasteiger charge is -2.30. The average molecular weight is 603 g/mol. The second kappa shape index (κ2) is 11.2. The highest BCUT2D eigenvalue weighted by atomic mass is 16.6. The summed E-state index contributed by atoms with van der Waals surface area (Å²) in [5, 5.41) is 4.65. The molecule has 4 aromatic rings. The number of nitrogens with zero attached hydrogens (tertiary/aromatic N) is 8. The second-order valence-electron chi connectivity index (χ2n) is 12.9. The number of aromatic nitrogens is 6. The highest BCUT2D eigenvalue weighted by Gasteiger charge is 2.32. The molecule has 0 aliphatic carbocycles. The van der Waals surface area contributed by atoms with E-state index in [1.54, 1.807) is 29.7 Å². The lowest BCUT2D eigenvalue weighted by molar-refractivity contribution is 0.0194. The number of pyridine rings is 1. The number of ether oxygens (including phenoxy) is 3. The summed E-state index contributed by atoms with van der Waals surface area (Å²) in [4.78, 5) is 44.8. The SMILES string of the molecule is CC(C)(C)OC(=O)N1CCn2ncc(-c3cn(C(=O)OC(C)(C)C)c4c(-c5ccncc5)nc(N5CCOCC5)nc34)c2C1. The number of carbonyl (C=O) groups is 2. The van der Waals surface area contributed by atoms with Crippen molar-refractivity contribution >= 4 is 29.2 Å². The van der Waals surface area contributed by atoms with Crippen LogP contribution in [0.25, 0.3) is 33.4 Å². The van der Waals surface area contributed by atoms with Crippen LogP contribution in [0.5, 0.6) is 0 Å². The van der Waals surface area contributed by atoms with E-state index in [-0.39, 0.29) is 6.09 Å². The molecule has 4 aromatic heterocycles. The van der Waals surface area contributed by atoms with Crippen molar-refractivity contribution in [1.29, 1.82) is 0 Å². The van der Waals surface area contributed by atoms with E-state index in [4.69, 9.17) is 24.2 Å². The van der Waals surface area contributed by atoms with Crippen LogP contribution in [0.15, 0.2) is 36.9 Å².